The number of hydrogen-bond donors (Lipinski definition) is 0. The fourth-order valence-electron chi connectivity index (χ4n) is 4.40. The highest BCUT2D eigenvalue weighted by molar-refractivity contribution is 5.81. The molecule has 2 nitrogen and oxygen atoms in total. The van der Waals surface area contributed by atoms with Crippen LogP contribution in [0.5, 0.6) is 0 Å². The van der Waals surface area contributed by atoms with Crippen LogP contribution >= 0.6 is 0 Å². The number of nitrogens with zero attached hydrogens (tertiary/aromatic N) is 1. The maximum absolute atomic E-state index is 12.0. The van der Waals surface area contributed by atoms with E-state index in [1.54, 1.807) is 0 Å². The van der Waals surface area contributed by atoms with Crippen molar-refractivity contribution < 1.29 is 4.79 Å². The molecule has 1 rings (SSSR count). The molecule has 23 heavy (non-hydrogen) atoms. The Kier molecular flexibility index (Phi) is 8.82. The molecule has 0 aliphatic carbocycles. The normalized spacial score (nSPS) is 20.8. The van der Waals surface area contributed by atoms with Gasteiger partial charge < -0.3 is 0 Å². The van der Waals surface area contributed by atoms with Gasteiger partial charge in [0.05, 0.1) is 0 Å². The summed E-state index contributed by atoms with van der Waals surface area (Å²) in [5.74, 6) is 0.430. The summed E-state index contributed by atoms with van der Waals surface area (Å²) < 4.78 is 0. The highest BCUT2D eigenvalue weighted by Crippen LogP contribution is 2.36. The van der Waals surface area contributed by atoms with Crippen LogP contribution in [0.4, 0.5) is 0 Å². The standard InChI is InChI=1S/C21H41NO/c1-6-7-8-9-10-11-12-13-14-15-16-22-20(2,3)17-19(23)18-21(22,4)5/h6-18H2,1-5H3. The first-order valence-corrected chi connectivity index (χ1v) is 10.1. The lowest BCUT2D eigenvalue weighted by Crippen LogP contribution is -2.61. The molecule has 0 radical (unpaired) electrons. The maximum Gasteiger partial charge on any atom is 0.136 e. The third-order valence-corrected chi connectivity index (χ3v) is 5.46. The number of ketones is 1. The summed E-state index contributed by atoms with van der Waals surface area (Å²) in [6.45, 7) is 12.4. The van der Waals surface area contributed by atoms with Crippen molar-refractivity contribution in [2.45, 2.75) is 123 Å². The Balaban J connectivity index is 2.16. The smallest absolute Gasteiger partial charge is 0.136 e. The Morgan fingerprint density at radius 2 is 1.13 bits per heavy atom. The first-order valence-electron chi connectivity index (χ1n) is 10.1. The molecule has 0 amide bonds. The second-order valence-electron chi connectivity index (χ2n) is 8.85. The molecule has 1 fully saturated rings. The molecular weight excluding hydrogens is 282 g/mol. The van der Waals surface area contributed by atoms with Crippen LogP contribution < -0.4 is 0 Å². The molecule has 0 bridgehead atoms. The fourth-order valence-corrected chi connectivity index (χ4v) is 4.40. The van der Waals surface area contributed by atoms with Crippen molar-refractivity contribution in [3.8, 4) is 0 Å². The van der Waals surface area contributed by atoms with E-state index in [1.807, 2.05) is 0 Å². The van der Waals surface area contributed by atoms with E-state index < -0.39 is 0 Å². The lowest BCUT2D eigenvalue weighted by atomic mass is 9.79. The minimum atomic E-state index is 0.0259. The first kappa shape index (κ1) is 20.7. The van der Waals surface area contributed by atoms with Gasteiger partial charge in [0.1, 0.15) is 5.78 Å². The molecule has 0 N–H and O–H groups in total. The molecule has 0 atom stereocenters. The van der Waals surface area contributed by atoms with Gasteiger partial charge in [-0.15, -0.1) is 0 Å². The second-order valence-corrected chi connectivity index (χ2v) is 8.85. The Labute approximate surface area is 145 Å². The monoisotopic (exact) mass is 323 g/mol. The fraction of sp³-hybridized carbons (Fsp3) is 0.952. The molecule has 0 aromatic rings. The first-order chi connectivity index (χ1) is 10.8. The molecule has 0 spiro atoms. The molecule has 1 saturated heterocycles. The van der Waals surface area contributed by atoms with E-state index >= 15 is 0 Å². The van der Waals surface area contributed by atoms with Crippen LogP contribution in [0, 0.1) is 0 Å². The van der Waals surface area contributed by atoms with Crippen LogP contribution in [0.1, 0.15) is 112 Å². The van der Waals surface area contributed by atoms with E-state index in [0.29, 0.717) is 18.6 Å². The lowest BCUT2D eigenvalue weighted by molar-refractivity contribution is -0.133. The van der Waals surface area contributed by atoms with Crippen LogP contribution in [0.15, 0.2) is 0 Å². The van der Waals surface area contributed by atoms with Crippen LogP contribution in [0.3, 0.4) is 0 Å². The van der Waals surface area contributed by atoms with Crippen molar-refractivity contribution in [3.63, 3.8) is 0 Å². The largest absolute Gasteiger partial charge is 0.300 e. The lowest BCUT2D eigenvalue weighted by Gasteiger charge is -2.52. The quantitative estimate of drug-likeness (QED) is 0.426. The van der Waals surface area contributed by atoms with E-state index in [4.69, 9.17) is 0 Å². The van der Waals surface area contributed by atoms with Gasteiger partial charge in [0.15, 0.2) is 0 Å². The Morgan fingerprint density at radius 1 is 0.739 bits per heavy atom. The number of hydrogen-bond acceptors (Lipinski definition) is 2. The molecule has 1 heterocycles. The van der Waals surface area contributed by atoms with Gasteiger partial charge in [-0.25, -0.2) is 0 Å². The van der Waals surface area contributed by atoms with Crippen molar-refractivity contribution in [1.82, 2.24) is 4.90 Å². The predicted octanol–water partition coefficient (Wildman–Crippen LogP) is 6.13. The van der Waals surface area contributed by atoms with Crippen molar-refractivity contribution in [2.24, 2.45) is 0 Å². The molecule has 1 aliphatic heterocycles. The molecular formula is C21H41NO. The van der Waals surface area contributed by atoms with Gasteiger partial charge >= 0.3 is 0 Å². The summed E-state index contributed by atoms with van der Waals surface area (Å²) in [5, 5.41) is 0. The molecule has 136 valence electrons. The number of carbonyl (C=O) groups is 1. The number of likely N-dealkylation sites (tertiary alicyclic amines) is 1. The third-order valence-electron chi connectivity index (χ3n) is 5.46. The van der Waals surface area contributed by atoms with E-state index in [1.165, 1.54) is 64.2 Å². The molecule has 2 heteroatoms. The summed E-state index contributed by atoms with van der Waals surface area (Å²) in [6.07, 6.45) is 15.3. The molecule has 0 aromatic heterocycles. The summed E-state index contributed by atoms with van der Waals surface area (Å²) >= 11 is 0. The maximum atomic E-state index is 12.0. The van der Waals surface area contributed by atoms with Crippen molar-refractivity contribution in [3.05, 3.63) is 0 Å². The topological polar surface area (TPSA) is 20.3 Å². The van der Waals surface area contributed by atoms with Crippen LogP contribution in [-0.4, -0.2) is 28.3 Å². The third kappa shape index (κ3) is 7.37. The zero-order chi connectivity index (χ0) is 17.3. The van der Waals surface area contributed by atoms with Gasteiger partial charge in [0, 0.05) is 23.9 Å². The summed E-state index contributed by atoms with van der Waals surface area (Å²) in [7, 11) is 0. The average Bonchev–Trinajstić information content (AvgIpc) is 2.41. The highest BCUT2D eigenvalue weighted by Gasteiger charge is 2.44. The van der Waals surface area contributed by atoms with E-state index in [9.17, 15) is 4.79 Å². The molecule has 0 unspecified atom stereocenters. The zero-order valence-corrected chi connectivity index (χ0v) is 16.5. The number of unbranched alkanes of at least 4 members (excludes halogenated alkanes) is 9. The minimum absolute atomic E-state index is 0.0259. The Hall–Kier alpha value is -0.370. The Morgan fingerprint density at radius 3 is 1.57 bits per heavy atom. The van der Waals surface area contributed by atoms with Crippen molar-refractivity contribution in [2.75, 3.05) is 6.54 Å². The van der Waals surface area contributed by atoms with E-state index in [-0.39, 0.29) is 11.1 Å². The summed E-state index contributed by atoms with van der Waals surface area (Å²) in [5.41, 5.74) is 0.0518. The SMILES string of the molecule is CCCCCCCCCCCCN1C(C)(C)CC(=O)CC1(C)C. The number of rotatable bonds is 11. The van der Waals surface area contributed by atoms with Crippen molar-refractivity contribution >= 4 is 5.78 Å². The Bertz CT molecular complexity index is 326. The average molecular weight is 324 g/mol. The van der Waals surface area contributed by atoms with Gasteiger partial charge in [-0.2, -0.15) is 0 Å². The molecule has 0 aromatic carbocycles. The number of piperidine rings is 1. The number of Topliss-reactive ketones (excluding diaryl/α,β-unsaturated/α-hetero) is 1. The van der Waals surface area contributed by atoms with Crippen molar-refractivity contribution in [1.29, 1.82) is 0 Å². The van der Waals surface area contributed by atoms with Crippen LogP contribution in [0.2, 0.25) is 0 Å². The number of carbonyl (C=O) groups excluding carboxylic acids is 1. The van der Waals surface area contributed by atoms with Gasteiger partial charge in [-0.05, 0) is 40.7 Å². The molecule has 1 aliphatic rings. The van der Waals surface area contributed by atoms with Gasteiger partial charge in [0.25, 0.3) is 0 Å². The molecule has 0 saturated carbocycles. The minimum Gasteiger partial charge on any atom is -0.300 e. The van der Waals surface area contributed by atoms with E-state index in [2.05, 4.69) is 39.5 Å². The van der Waals surface area contributed by atoms with Crippen LogP contribution in [0.25, 0.3) is 0 Å². The summed E-state index contributed by atoms with van der Waals surface area (Å²) in [4.78, 5) is 14.5. The highest BCUT2D eigenvalue weighted by atomic mass is 16.1. The second kappa shape index (κ2) is 9.81. The van der Waals surface area contributed by atoms with E-state index in [0.717, 1.165) is 6.54 Å². The van der Waals surface area contributed by atoms with Gasteiger partial charge in [-0.3, -0.25) is 9.69 Å². The van der Waals surface area contributed by atoms with Gasteiger partial charge in [-0.1, -0.05) is 64.7 Å². The van der Waals surface area contributed by atoms with Crippen LogP contribution in [-0.2, 0) is 4.79 Å². The predicted molar refractivity (Wildman–Crippen MR) is 101 cm³/mol. The zero-order valence-electron chi connectivity index (χ0n) is 16.5. The van der Waals surface area contributed by atoms with Gasteiger partial charge in [0.2, 0.25) is 0 Å². The summed E-state index contributed by atoms with van der Waals surface area (Å²) in [6, 6.07) is 0.